The van der Waals surface area contributed by atoms with Crippen molar-refractivity contribution < 1.29 is 5.11 Å². The van der Waals surface area contributed by atoms with E-state index in [1.807, 2.05) is 6.07 Å². The van der Waals surface area contributed by atoms with Gasteiger partial charge in [-0.15, -0.1) is 12.4 Å². The third kappa shape index (κ3) is 3.62. The first-order valence-electron chi connectivity index (χ1n) is 9.33. The Hall–Kier alpha value is -1.35. The van der Waals surface area contributed by atoms with Crippen LogP contribution in [-0.4, -0.2) is 22.6 Å². The molecule has 0 bridgehead atoms. The van der Waals surface area contributed by atoms with Crippen molar-refractivity contribution in [3.8, 4) is 0 Å². The number of rotatable bonds is 3. The lowest BCUT2D eigenvalue weighted by Gasteiger charge is -2.52. The van der Waals surface area contributed by atoms with E-state index in [1.54, 1.807) is 0 Å². The summed E-state index contributed by atoms with van der Waals surface area (Å²) in [5, 5.41) is 11.6. The summed E-state index contributed by atoms with van der Waals surface area (Å²) in [4.78, 5) is 2.62. The lowest BCUT2D eigenvalue weighted by atomic mass is 9.66. The molecule has 2 aromatic rings. The number of fused-ring (bicyclic) bond motifs is 1. The standard InChI is InChI=1S/C22H27NO.ClH/c24-22(19-11-5-2-6-12-19)15-16-23(17-18-9-3-1-4-10-18)21-14-8-7-13-20(21)22;/h1-6,9-12,20-21,24H,7-8,13-17H2;1H/t20-,21+,22?;/m0./s1. The smallest absolute Gasteiger partial charge is 0.0951 e. The van der Waals surface area contributed by atoms with E-state index in [0.29, 0.717) is 12.0 Å². The van der Waals surface area contributed by atoms with Crippen LogP contribution in [0.5, 0.6) is 0 Å². The predicted octanol–water partition coefficient (Wildman–Crippen LogP) is 4.76. The number of aliphatic hydroxyl groups is 1. The van der Waals surface area contributed by atoms with Gasteiger partial charge in [-0.25, -0.2) is 0 Å². The monoisotopic (exact) mass is 357 g/mol. The van der Waals surface area contributed by atoms with Crippen LogP contribution in [-0.2, 0) is 12.1 Å². The fraction of sp³-hybridized carbons (Fsp3) is 0.455. The summed E-state index contributed by atoms with van der Waals surface area (Å²) in [6.07, 6.45) is 5.73. The van der Waals surface area contributed by atoms with Gasteiger partial charge in [-0.2, -0.15) is 0 Å². The van der Waals surface area contributed by atoms with Gasteiger partial charge in [0.25, 0.3) is 0 Å². The van der Waals surface area contributed by atoms with Crippen molar-refractivity contribution in [2.24, 2.45) is 5.92 Å². The third-order valence-electron chi connectivity index (χ3n) is 6.09. The molecule has 3 atom stereocenters. The average Bonchev–Trinajstić information content (AvgIpc) is 2.66. The van der Waals surface area contributed by atoms with E-state index in [0.717, 1.165) is 31.5 Å². The van der Waals surface area contributed by atoms with E-state index in [4.69, 9.17) is 0 Å². The van der Waals surface area contributed by atoms with Gasteiger partial charge in [0.2, 0.25) is 0 Å². The SMILES string of the molecule is Cl.OC1(c2ccccc2)CCN(Cc2ccccc2)[C@@H]2CCCC[C@@H]21. The van der Waals surface area contributed by atoms with E-state index in [2.05, 4.69) is 59.5 Å². The Kier molecular flexibility index (Phi) is 5.83. The highest BCUT2D eigenvalue weighted by Crippen LogP contribution is 2.47. The van der Waals surface area contributed by atoms with Gasteiger partial charge in [-0.05, 0) is 30.4 Å². The molecular weight excluding hydrogens is 330 g/mol. The molecule has 0 amide bonds. The molecule has 0 aromatic heterocycles. The minimum absolute atomic E-state index is 0. The van der Waals surface area contributed by atoms with Gasteiger partial charge < -0.3 is 5.11 Å². The maximum atomic E-state index is 11.6. The quantitative estimate of drug-likeness (QED) is 0.856. The van der Waals surface area contributed by atoms with Crippen molar-refractivity contribution in [3.63, 3.8) is 0 Å². The summed E-state index contributed by atoms with van der Waals surface area (Å²) in [6.45, 7) is 1.98. The normalized spacial score (nSPS) is 29.5. The molecule has 1 unspecified atom stereocenters. The Balaban J connectivity index is 0.00000182. The highest BCUT2D eigenvalue weighted by atomic mass is 35.5. The topological polar surface area (TPSA) is 23.5 Å². The van der Waals surface area contributed by atoms with Gasteiger partial charge in [0.05, 0.1) is 5.60 Å². The fourth-order valence-electron chi connectivity index (χ4n) is 4.87. The zero-order valence-electron chi connectivity index (χ0n) is 14.7. The van der Waals surface area contributed by atoms with Gasteiger partial charge in [0.1, 0.15) is 0 Å². The third-order valence-corrected chi connectivity index (χ3v) is 6.09. The van der Waals surface area contributed by atoms with E-state index in [-0.39, 0.29) is 12.4 Å². The van der Waals surface area contributed by atoms with Crippen LogP contribution >= 0.6 is 12.4 Å². The molecule has 2 aromatic carbocycles. The molecule has 0 spiro atoms. The summed E-state index contributed by atoms with van der Waals surface area (Å²) in [7, 11) is 0. The number of hydrogen-bond acceptors (Lipinski definition) is 2. The molecule has 1 saturated carbocycles. The van der Waals surface area contributed by atoms with Crippen LogP contribution < -0.4 is 0 Å². The highest BCUT2D eigenvalue weighted by Gasteiger charge is 2.48. The highest BCUT2D eigenvalue weighted by molar-refractivity contribution is 5.85. The lowest BCUT2D eigenvalue weighted by Crippen LogP contribution is -2.57. The summed E-state index contributed by atoms with van der Waals surface area (Å²) < 4.78 is 0. The van der Waals surface area contributed by atoms with Crippen LogP contribution in [0, 0.1) is 5.92 Å². The number of likely N-dealkylation sites (tertiary alicyclic amines) is 1. The van der Waals surface area contributed by atoms with Crippen LogP contribution in [0.15, 0.2) is 60.7 Å². The molecule has 25 heavy (non-hydrogen) atoms. The number of hydrogen-bond donors (Lipinski definition) is 1. The molecule has 2 fully saturated rings. The fourth-order valence-corrected chi connectivity index (χ4v) is 4.87. The van der Waals surface area contributed by atoms with Gasteiger partial charge in [-0.3, -0.25) is 4.90 Å². The Morgan fingerprint density at radius 2 is 1.56 bits per heavy atom. The molecule has 134 valence electrons. The molecule has 2 aliphatic rings. The molecule has 1 aliphatic heterocycles. The van der Waals surface area contributed by atoms with E-state index in [9.17, 15) is 5.11 Å². The molecule has 1 aliphatic carbocycles. The molecular formula is C22H28ClNO. The molecule has 1 N–H and O–H groups in total. The summed E-state index contributed by atoms with van der Waals surface area (Å²) in [6, 6.07) is 21.6. The second-order valence-corrected chi connectivity index (χ2v) is 7.45. The van der Waals surface area contributed by atoms with Gasteiger partial charge in [-0.1, -0.05) is 73.5 Å². The van der Waals surface area contributed by atoms with Gasteiger partial charge in [0.15, 0.2) is 0 Å². The first kappa shape index (κ1) is 18.4. The minimum atomic E-state index is -0.653. The Morgan fingerprint density at radius 3 is 2.28 bits per heavy atom. The van der Waals surface area contributed by atoms with E-state index < -0.39 is 5.60 Å². The van der Waals surface area contributed by atoms with Gasteiger partial charge in [0, 0.05) is 25.0 Å². The summed E-state index contributed by atoms with van der Waals surface area (Å²) in [5.74, 6) is 0.353. The molecule has 1 heterocycles. The zero-order valence-corrected chi connectivity index (χ0v) is 15.5. The zero-order chi connectivity index (χ0) is 16.4. The van der Waals surface area contributed by atoms with Crippen molar-refractivity contribution in [2.75, 3.05) is 6.54 Å². The van der Waals surface area contributed by atoms with Crippen molar-refractivity contribution in [1.29, 1.82) is 0 Å². The first-order valence-corrected chi connectivity index (χ1v) is 9.33. The Labute approximate surface area is 157 Å². The van der Waals surface area contributed by atoms with E-state index in [1.165, 1.54) is 24.8 Å². The second kappa shape index (κ2) is 7.90. The predicted molar refractivity (Wildman–Crippen MR) is 105 cm³/mol. The largest absolute Gasteiger partial charge is 0.385 e. The summed E-state index contributed by atoms with van der Waals surface area (Å²) in [5.41, 5.74) is 1.84. The number of halogens is 1. The van der Waals surface area contributed by atoms with Crippen LogP contribution in [0.4, 0.5) is 0 Å². The number of piperidine rings is 1. The van der Waals surface area contributed by atoms with Crippen molar-refractivity contribution in [3.05, 3.63) is 71.8 Å². The number of benzene rings is 2. The van der Waals surface area contributed by atoms with Crippen LogP contribution in [0.1, 0.15) is 43.2 Å². The number of nitrogens with zero attached hydrogens (tertiary/aromatic N) is 1. The second-order valence-electron chi connectivity index (χ2n) is 7.45. The maximum Gasteiger partial charge on any atom is 0.0951 e. The van der Waals surface area contributed by atoms with Crippen LogP contribution in [0.25, 0.3) is 0 Å². The molecule has 0 radical (unpaired) electrons. The molecule has 3 heteroatoms. The molecule has 2 nitrogen and oxygen atoms in total. The van der Waals surface area contributed by atoms with E-state index >= 15 is 0 Å². The Morgan fingerprint density at radius 1 is 0.920 bits per heavy atom. The van der Waals surface area contributed by atoms with Crippen LogP contribution in [0.2, 0.25) is 0 Å². The van der Waals surface area contributed by atoms with Crippen LogP contribution in [0.3, 0.4) is 0 Å². The Bertz CT molecular complexity index is 662. The average molecular weight is 358 g/mol. The molecule has 4 rings (SSSR count). The lowest BCUT2D eigenvalue weighted by molar-refractivity contribution is -0.123. The van der Waals surface area contributed by atoms with Crippen molar-refractivity contribution in [1.82, 2.24) is 4.90 Å². The van der Waals surface area contributed by atoms with Crippen molar-refractivity contribution >= 4 is 12.4 Å². The molecule has 1 saturated heterocycles. The summed E-state index contributed by atoms with van der Waals surface area (Å²) >= 11 is 0. The first-order chi connectivity index (χ1) is 11.8. The minimum Gasteiger partial charge on any atom is -0.385 e. The maximum absolute atomic E-state index is 11.6. The van der Waals surface area contributed by atoms with Crippen molar-refractivity contribution in [2.45, 2.75) is 50.3 Å². The van der Waals surface area contributed by atoms with Gasteiger partial charge >= 0.3 is 0 Å².